The van der Waals surface area contributed by atoms with Gasteiger partial charge in [0.15, 0.2) is 12.2 Å². The van der Waals surface area contributed by atoms with E-state index in [9.17, 15) is 9.59 Å². The van der Waals surface area contributed by atoms with Crippen molar-refractivity contribution in [2.75, 3.05) is 10.2 Å². The van der Waals surface area contributed by atoms with Crippen LogP contribution in [0.1, 0.15) is 19.5 Å². The number of ether oxygens (including phenoxy) is 2. The lowest BCUT2D eigenvalue weighted by atomic mass is 10.2. The molecule has 7 nitrogen and oxygen atoms in total. The molecule has 37 heavy (non-hydrogen) atoms. The zero-order chi connectivity index (χ0) is 26.0. The standard InChI is InChI=1S/C30H29N3O4/c1-22(36-27-12-5-3-6-13-27)29(34)32-24-16-18-26(19-17-24)33(21-25-11-9-10-20-31-25)30(35)23(2)37-28-14-7-4-8-15-28/h3-20,22-23H,21H2,1-2H3,(H,32,34)/t22-,23+/m1/s1. The van der Waals surface area contributed by atoms with Gasteiger partial charge in [0.25, 0.3) is 11.8 Å². The molecule has 4 aromatic rings. The molecule has 7 heteroatoms. The van der Waals surface area contributed by atoms with Gasteiger partial charge < -0.3 is 19.7 Å². The molecule has 0 saturated heterocycles. The molecule has 0 radical (unpaired) electrons. The quantitative estimate of drug-likeness (QED) is 0.315. The van der Waals surface area contributed by atoms with Gasteiger partial charge in [-0.1, -0.05) is 42.5 Å². The third kappa shape index (κ3) is 7.18. The lowest BCUT2D eigenvalue weighted by molar-refractivity contribution is -0.124. The van der Waals surface area contributed by atoms with Crippen molar-refractivity contribution in [2.24, 2.45) is 0 Å². The maximum Gasteiger partial charge on any atom is 0.268 e. The Morgan fingerprint density at radius 2 is 1.32 bits per heavy atom. The van der Waals surface area contributed by atoms with E-state index in [-0.39, 0.29) is 18.4 Å². The Hall–Kier alpha value is -4.65. The van der Waals surface area contributed by atoms with Crippen molar-refractivity contribution in [3.8, 4) is 11.5 Å². The van der Waals surface area contributed by atoms with Crippen LogP contribution in [0.2, 0.25) is 0 Å². The van der Waals surface area contributed by atoms with Crippen molar-refractivity contribution < 1.29 is 19.1 Å². The number of pyridine rings is 1. The van der Waals surface area contributed by atoms with Crippen LogP contribution in [-0.4, -0.2) is 29.0 Å². The van der Waals surface area contributed by atoms with Crippen LogP contribution >= 0.6 is 0 Å². The number of benzene rings is 3. The molecule has 0 fully saturated rings. The van der Waals surface area contributed by atoms with Gasteiger partial charge in [0.1, 0.15) is 11.5 Å². The van der Waals surface area contributed by atoms with E-state index in [1.54, 1.807) is 61.3 Å². The molecular formula is C30H29N3O4. The number of para-hydroxylation sites is 2. The number of hydrogen-bond acceptors (Lipinski definition) is 5. The smallest absolute Gasteiger partial charge is 0.268 e. The van der Waals surface area contributed by atoms with E-state index in [4.69, 9.17) is 9.47 Å². The van der Waals surface area contributed by atoms with E-state index in [1.807, 2.05) is 66.7 Å². The van der Waals surface area contributed by atoms with Crippen LogP contribution in [0.4, 0.5) is 11.4 Å². The first-order valence-electron chi connectivity index (χ1n) is 12.1. The first-order chi connectivity index (χ1) is 18.0. The zero-order valence-corrected chi connectivity index (χ0v) is 20.8. The third-order valence-corrected chi connectivity index (χ3v) is 5.59. The van der Waals surface area contributed by atoms with Crippen LogP contribution in [0.3, 0.4) is 0 Å². The summed E-state index contributed by atoms with van der Waals surface area (Å²) in [5, 5.41) is 2.86. The lowest BCUT2D eigenvalue weighted by Gasteiger charge is -2.26. The van der Waals surface area contributed by atoms with Crippen molar-refractivity contribution >= 4 is 23.2 Å². The summed E-state index contributed by atoms with van der Waals surface area (Å²) in [6, 6.07) is 31.1. The van der Waals surface area contributed by atoms with Crippen molar-refractivity contribution in [3.05, 3.63) is 115 Å². The van der Waals surface area contributed by atoms with Gasteiger partial charge in [0, 0.05) is 17.6 Å². The second-order valence-electron chi connectivity index (χ2n) is 8.43. The zero-order valence-electron chi connectivity index (χ0n) is 20.8. The highest BCUT2D eigenvalue weighted by atomic mass is 16.5. The van der Waals surface area contributed by atoms with E-state index in [2.05, 4.69) is 10.3 Å². The Balaban J connectivity index is 1.47. The minimum absolute atomic E-state index is 0.212. The molecule has 188 valence electrons. The molecule has 1 heterocycles. The van der Waals surface area contributed by atoms with Gasteiger partial charge in [-0.25, -0.2) is 0 Å². The normalized spacial score (nSPS) is 12.2. The summed E-state index contributed by atoms with van der Waals surface area (Å²) in [5.41, 5.74) is 1.99. The molecule has 0 aliphatic rings. The van der Waals surface area contributed by atoms with Crippen molar-refractivity contribution in [1.29, 1.82) is 0 Å². The lowest BCUT2D eigenvalue weighted by Crippen LogP contribution is -2.40. The van der Waals surface area contributed by atoms with Gasteiger partial charge in [0.2, 0.25) is 0 Å². The fraction of sp³-hybridized carbons (Fsp3) is 0.167. The summed E-state index contributed by atoms with van der Waals surface area (Å²) in [5.74, 6) is 0.751. The predicted molar refractivity (Wildman–Crippen MR) is 144 cm³/mol. The number of nitrogens with zero attached hydrogens (tertiary/aromatic N) is 2. The van der Waals surface area contributed by atoms with Crippen LogP contribution in [0.5, 0.6) is 11.5 Å². The fourth-order valence-electron chi connectivity index (χ4n) is 3.65. The van der Waals surface area contributed by atoms with Crippen molar-refractivity contribution in [2.45, 2.75) is 32.6 Å². The molecular weight excluding hydrogens is 466 g/mol. The number of amides is 2. The minimum Gasteiger partial charge on any atom is -0.481 e. The first-order valence-corrected chi connectivity index (χ1v) is 12.1. The number of aromatic nitrogens is 1. The van der Waals surface area contributed by atoms with E-state index >= 15 is 0 Å². The highest BCUT2D eigenvalue weighted by Crippen LogP contribution is 2.23. The monoisotopic (exact) mass is 495 g/mol. The van der Waals surface area contributed by atoms with Gasteiger partial charge in [-0.15, -0.1) is 0 Å². The van der Waals surface area contributed by atoms with E-state index in [1.165, 1.54) is 0 Å². The summed E-state index contributed by atoms with van der Waals surface area (Å²) >= 11 is 0. The second-order valence-corrected chi connectivity index (χ2v) is 8.43. The second kappa shape index (κ2) is 12.4. The summed E-state index contributed by atoms with van der Waals surface area (Å²) in [6.45, 7) is 3.69. The van der Waals surface area contributed by atoms with Gasteiger partial charge in [0.05, 0.1) is 12.2 Å². The van der Waals surface area contributed by atoms with Crippen LogP contribution in [0, 0.1) is 0 Å². The molecule has 1 N–H and O–H groups in total. The van der Waals surface area contributed by atoms with Gasteiger partial charge in [-0.2, -0.15) is 0 Å². The molecule has 2 amide bonds. The molecule has 0 aliphatic carbocycles. The van der Waals surface area contributed by atoms with Crippen LogP contribution in [-0.2, 0) is 16.1 Å². The Labute approximate surface area is 216 Å². The number of carbonyl (C=O) groups excluding carboxylic acids is 2. The highest BCUT2D eigenvalue weighted by Gasteiger charge is 2.24. The van der Waals surface area contributed by atoms with Gasteiger partial charge in [-0.05, 0) is 74.5 Å². The molecule has 4 rings (SSSR count). The summed E-state index contributed by atoms with van der Waals surface area (Å²) < 4.78 is 11.6. The molecule has 1 aromatic heterocycles. The average molecular weight is 496 g/mol. The largest absolute Gasteiger partial charge is 0.481 e. The highest BCUT2D eigenvalue weighted by molar-refractivity contribution is 5.97. The molecule has 3 aromatic carbocycles. The number of rotatable bonds is 10. The number of nitrogens with one attached hydrogen (secondary N) is 1. The van der Waals surface area contributed by atoms with Crippen molar-refractivity contribution in [1.82, 2.24) is 4.98 Å². The van der Waals surface area contributed by atoms with Gasteiger partial charge >= 0.3 is 0 Å². The third-order valence-electron chi connectivity index (χ3n) is 5.59. The molecule has 0 bridgehead atoms. The molecule has 0 spiro atoms. The van der Waals surface area contributed by atoms with Crippen LogP contribution < -0.4 is 19.7 Å². The number of hydrogen-bond donors (Lipinski definition) is 1. The summed E-state index contributed by atoms with van der Waals surface area (Å²) in [7, 11) is 0. The fourth-order valence-corrected chi connectivity index (χ4v) is 3.65. The topological polar surface area (TPSA) is 80.8 Å². The van der Waals surface area contributed by atoms with Crippen LogP contribution in [0.15, 0.2) is 109 Å². The van der Waals surface area contributed by atoms with E-state index in [0.717, 1.165) is 5.69 Å². The summed E-state index contributed by atoms with van der Waals surface area (Å²) in [4.78, 5) is 32.1. The molecule has 0 saturated carbocycles. The average Bonchev–Trinajstić information content (AvgIpc) is 2.93. The predicted octanol–water partition coefficient (Wildman–Crippen LogP) is 5.49. The SMILES string of the molecule is C[C@H](Oc1ccccc1)C(=O)N(Cc1ccccn1)c1ccc(NC(=O)[C@@H](C)Oc2ccccc2)cc1. The van der Waals surface area contributed by atoms with Crippen LogP contribution in [0.25, 0.3) is 0 Å². The Bertz CT molecular complexity index is 1280. The Morgan fingerprint density at radius 1 is 0.757 bits per heavy atom. The number of anilines is 2. The Morgan fingerprint density at radius 3 is 1.89 bits per heavy atom. The van der Waals surface area contributed by atoms with E-state index in [0.29, 0.717) is 22.9 Å². The summed E-state index contributed by atoms with van der Waals surface area (Å²) in [6.07, 6.45) is 0.293. The molecule has 0 aliphatic heterocycles. The first kappa shape index (κ1) is 25.4. The Kier molecular flexibility index (Phi) is 8.49. The van der Waals surface area contributed by atoms with Crippen molar-refractivity contribution in [3.63, 3.8) is 0 Å². The van der Waals surface area contributed by atoms with Gasteiger partial charge in [-0.3, -0.25) is 14.6 Å². The maximum absolute atomic E-state index is 13.5. The minimum atomic E-state index is -0.721. The van der Waals surface area contributed by atoms with E-state index < -0.39 is 12.2 Å². The molecule has 0 unspecified atom stereocenters. The molecule has 2 atom stereocenters. The maximum atomic E-state index is 13.5. The number of carbonyl (C=O) groups is 2.